The summed E-state index contributed by atoms with van der Waals surface area (Å²) in [6.07, 6.45) is 8.63. The molecule has 1 aliphatic heterocycles. The molecule has 0 saturated heterocycles. The smallest absolute Gasteiger partial charge is 0.251 e. The van der Waals surface area contributed by atoms with Crippen LogP contribution in [0.25, 0.3) is 11.3 Å². The first kappa shape index (κ1) is 23.2. The van der Waals surface area contributed by atoms with Crippen LogP contribution >= 0.6 is 11.6 Å². The summed E-state index contributed by atoms with van der Waals surface area (Å²) in [6.45, 7) is 0. The van der Waals surface area contributed by atoms with Crippen LogP contribution in [-0.4, -0.2) is 28.8 Å². The van der Waals surface area contributed by atoms with Gasteiger partial charge in [0.2, 0.25) is 5.91 Å². The molecule has 5 rings (SSSR count). The van der Waals surface area contributed by atoms with Gasteiger partial charge in [0, 0.05) is 30.3 Å². The van der Waals surface area contributed by atoms with E-state index in [0.717, 1.165) is 24.9 Å². The van der Waals surface area contributed by atoms with Crippen LogP contribution in [0, 0.1) is 0 Å². The molecular weight excluding hydrogens is 462 g/mol. The molecule has 2 aliphatic rings. The summed E-state index contributed by atoms with van der Waals surface area (Å²) in [6, 6.07) is 11.2. The molecule has 0 saturated carbocycles. The van der Waals surface area contributed by atoms with E-state index in [1.54, 1.807) is 0 Å². The van der Waals surface area contributed by atoms with Gasteiger partial charge in [-0.25, -0.2) is 4.98 Å². The Balaban J connectivity index is 1.49. The first-order valence-electron chi connectivity index (χ1n) is 12.0. The fourth-order valence-electron chi connectivity index (χ4n) is 4.69. The van der Waals surface area contributed by atoms with Gasteiger partial charge in [0.25, 0.3) is 5.91 Å². The van der Waals surface area contributed by atoms with E-state index in [4.69, 9.17) is 16.6 Å². The minimum Gasteiger partial charge on any atom is -0.388 e. The second-order valence-corrected chi connectivity index (χ2v) is 9.33. The van der Waals surface area contributed by atoms with Gasteiger partial charge in [-0.15, -0.1) is 0 Å². The number of carbonyl (C=O) groups is 2. The van der Waals surface area contributed by atoms with E-state index >= 15 is 0 Å². The number of H-pyrrole nitrogens is 1. The summed E-state index contributed by atoms with van der Waals surface area (Å²) in [5.74, 6) is 0.336. The molecule has 0 fully saturated rings. The lowest BCUT2D eigenvalue weighted by Crippen LogP contribution is -2.29. The van der Waals surface area contributed by atoms with E-state index in [1.165, 1.54) is 11.1 Å². The van der Waals surface area contributed by atoms with Crippen molar-refractivity contribution in [3.8, 4) is 11.3 Å². The highest BCUT2D eigenvalue weighted by Crippen LogP contribution is 2.35. The zero-order valence-corrected chi connectivity index (χ0v) is 20.3. The van der Waals surface area contributed by atoms with Gasteiger partial charge in [0.05, 0.1) is 11.7 Å². The highest BCUT2D eigenvalue weighted by atomic mass is 35.5. The number of nitrogens with zero attached hydrogens (tertiary/aromatic N) is 1. The molecule has 7 nitrogen and oxygen atoms in total. The standard InChI is InChI=1S/C27H28ClN5O2/c1-29-19-12-13-20-22(15-19)30-23(34)9-4-2-3-8-21(26-32-24(20)25(28)33-26)31-27(35)18-11-10-16-6-5-7-17(16)14-18/h2-3,10-15,21,29H,4-9H2,1H3,(H,30,34)(H,31,35)(H,32,33)/b3-2+. The lowest BCUT2D eigenvalue weighted by atomic mass is 10.1. The van der Waals surface area contributed by atoms with Gasteiger partial charge in [0.15, 0.2) is 0 Å². The summed E-state index contributed by atoms with van der Waals surface area (Å²) in [4.78, 5) is 33.7. The summed E-state index contributed by atoms with van der Waals surface area (Å²) in [5, 5.41) is 9.57. The number of allylic oxidation sites excluding steroid dienone is 1. The van der Waals surface area contributed by atoms with Crippen molar-refractivity contribution < 1.29 is 9.59 Å². The zero-order valence-electron chi connectivity index (χ0n) is 19.6. The van der Waals surface area contributed by atoms with Crippen molar-refractivity contribution in [3.63, 3.8) is 0 Å². The van der Waals surface area contributed by atoms with Gasteiger partial charge in [-0.1, -0.05) is 29.8 Å². The number of halogens is 1. The number of anilines is 2. The number of amides is 2. The van der Waals surface area contributed by atoms with E-state index in [1.807, 2.05) is 49.5 Å². The van der Waals surface area contributed by atoms with Crippen molar-refractivity contribution in [2.45, 2.75) is 44.6 Å². The third-order valence-electron chi connectivity index (χ3n) is 6.59. The van der Waals surface area contributed by atoms with Crippen molar-refractivity contribution in [1.29, 1.82) is 0 Å². The topological polar surface area (TPSA) is 98.9 Å². The van der Waals surface area contributed by atoms with Crippen LogP contribution in [0.3, 0.4) is 0 Å². The molecule has 0 radical (unpaired) electrons. The van der Waals surface area contributed by atoms with Crippen molar-refractivity contribution >= 4 is 34.8 Å². The highest BCUT2D eigenvalue weighted by Gasteiger charge is 2.23. The Morgan fingerprint density at radius 1 is 1.09 bits per heavy atom. The normalized spacial score (nSPS) is 18.2. The fourth-order valence-corrected chi connectivity index (χ4v) is 4.93. The van der Waals surface area contributed by atoms with Crippen LogP contribution in [-0.2, 0) is 17.6 Å². The largest absolute Gasteiger partial charge is 0.388 e. The number of hydrogen-bond acceptors (Lipinski definition) is 4. The van der Waals surface area contributed by atoms with E-state index < -0.39 is 6.04 Å². The first-order chi connectivity index (χ1) is 17.0. The number of hydrogen-bond donors (Lipinski definition) is 4. The number of imidazole rings is 1. The molecule has 3 aromatic rings. The average molecular weight is 490 g/mol. The SMILES string of the molecule is CNc1ccc2c(c1)NC(=O)CC/C=C/CC(NC(=O)c1ccc3c(c1)CCC3)c1nc-2c(Cl)[nH]1. The Hall–Kier alpha value is -3.58. The molecule has 1 aromatic heterocycles. The number of aryl methyl sites for hydroxylation is 2. The lowest BCUT2D eigenvalue weighted by Gasteiger charge is -2.16. The molecule has 4 N–H and O–H groups in total. The predicted octanol–water partition coefficient (Wildman–Crippen LogP) is 5.41. The Kier molecular flexibility index (Phi) is 6.59. The maximum Gasteiger partial charge on any atom is 0.251 e. The molecule has 2 heterocycles. The van der Waals surface area contributed by atoms with Gasteiger partial charge in [-0.05, 0) is 73.6 Å². The van der Waals surface area contributed by atoms with Gasteiger partial charge >= 0.3 is 0 Å². The molecule has 35 heavy (non-hydrogen) atoms. The van der Waals surface area contributed by atoms with Crippen molar-refractivity contribution in [2.24, 2.45) is 0 Å². The number of fused-ring (bicyclic) bond motifs is 5. The number of aromatic nitrogens is 2. The highest BCUT2D eigenvalue weighted by molar-refractivity contribution is 6.32. The molecule has 8 heteroatoms. The van der Waals surface area contributed by atoms with Crippen LogP contribution < -0.4 is 16.0 Å². The molecule has 2 amide bonds. The Morgan fingerprint density at radius 2 is 1.94 bits per heavy atom. The molecule has 1 atom stereocenters. The van der Waals surface area contributed by atoms with Gasteiger partial charge in [0.1, 0.15) is 16.7 Å². The minimum absolute atomic E-state index is 0.0863. The molecule has 1 aliphatic carbocycles. The second kappa shape index (κ2) is 9.96. The molecule has 1 unspecified atom stereocenters. The third-order valence-corrected chi connectivity index (χ3v) is 6.86. The minimum atomic E-state index is -0.400. The van der Waals surface area contributed by atoms with Crippen LogP contribution in [0.15, 0.2) is 48.6 Å². The summed E-state index contributed by atoms with van der Waals surface area (Å²) in [5.41, 5.74) is 5.96. The molecule has 2 bridgehead atoms. The van der Waals surface area contributed by atoms with E-state index in [2.05, 4.69) is 27.0 Å². The number of carbonyl (C=O) groups excluding carboxylic acids is 2. The third kappa shape index (κ3) is 4.95. The van der Waals surface area contributed by atoms with Gasteiger partial charge in [-0.2, -0.15) is 0 Å². The predicted molar refractivity (Wildman–Crippen MR) is 139 cm³/mol. The molecule has 0 spiro atoms. The van der Waals surface area contributed by atoms with Crippen LogP contribution in [0.2, 0.25) is 5.15 Å². The van der Waals surface area contributed by atoms with Crippen LogP contribution in [0.5, 0.6) is 0 Å². The number of rotatable bonds is 3. The number of nitrogens with one attached hydrogen (secondary N) is 4. The van der Waals surface area contributed by atoms with Crippen molar-refractivity contribution in [3.05, 3.63) is 76.2 Å². The Morgan fingerprint density at radius 3 is 2.80 bits per heavy atom. The Bertz CT molecular complexity index is 1310. The second-order valence-electron chi connectivity index (χ2n) is 8.95. The first-order valence-corrected chi connectivity index (χ1v) is 12.3. The number of aromatic amines is 1. The zero-order chi connectivity index (χ0) is 24.4. The van der Waals surface area contributed by atoms with Gasteiger partial charge in [-0.3, -0.25) is 9.59 Å². The fraction of sp³-hybridized carbons (Fsp3) is 0.296. The Labute approximate surface area is 209 Å². The lowest BCUT2D eigenvalue weighted by molar-refractivity contribution is -0.116. The van der Waals surface area contributed by atoms with Gasteiger partial charge < -0.3 is 20.9 Å². The summed E-state index contributed by atoms with van der Waals surface area (Å²) in [7, 11) is 1.82. The number of benzene rings is 2. The van der Waals surface area contributed by atoms with E-state index in [9.17, 15) is 9.59 Å². The average Bonchev–Trinajstić information content (AvgIpc) is 3.48. The molecular formula is C27H28ClN5O2. The quantitative estimate of drug-likeness (QED) is 0.370. The monoisotopic (exact) mass is 489 g/mol. The van der Waals surface area contributed by atoms with E-state index in [0.29, 0.717) is 52.7 Å². The van der Waals surface area contributed by atoms with Crippen LogP contribution in [0.1, 0.15) is 59.0 Å². The van der Waals surface area contributed by atoms with Crippen molar-refractivity contribution in [1.82, 2.24) is 15.3 Å². The molecule has 2 aromatic carbocycles. The maximum absolute atomic E-state index is 13.2. The maximum atomic E-state index is 13.2. The summed E-state index contributed by atoms with van der Waals surface area (Å²) < 4.78 is 0. The van der Waals surface area contributed by atoms with E-state index in [-0.39, 0.29) is 11.8 Å². The van der Waals surface area contributed by atoms with Crippen LogP contribution in [0.4, 0.5) is 11.4 Å². The van der Waals surface area contributed by atoms with Crippen molar-refractivity contribution in [2.75, 3.05) is 17.7 Å². The summed E-state index contributed by atoms with van der Waals surface area (Å²) >= 11 is 6.59. The molecule has 180 valence electrons.